The monoisotopic (exact) mass is 349 g/mol. The molecule has 0 aromatic heterocycles. The average Bonchev–Trinajstić information content (AvgIpc) is 3.15. The van der Waals surface area contributed by atoms with Crippen LogP contribution in [0.2, 0.25) is 0 Å². The van der Waals surface area contributed by atoms with Gasteiger partial charge in [0, 0.05) is 18.3 Å². The van der Waals surface area contributed by atoms with Gasteiger partial charge in [-0.15, -0.1) is 0 Å². The topological polar surface area (TPSA) is 94.1 Å². The lowest BCUT2D eigenvalue weighted by molar-refractivity contribution is -0.777. The highest BCUT2D eigenvalue weighted by Gasteiger charge is 2.64. The van der Waals surface area contributed by atoms with Crippen molar-refractivity contribution in [2.24, 2.45) is 17.8 Å². The van der Waals surface area contributed by atoms with Gasteiger partial charge in [0.25, 0.3) is 5.00 Å². The minimum absolute atomic E-state index is 0.0114. The lowest BCUT2D eigenvalue weighted by Gasteiger charge is -2.29. The van der Waals surface area contributed by atoms with Gasteiger partial charge in [0.05, 0.1) is 18.0 Å². The second-order valence-corrected chi connectivity index (χ2v) is 7.27. The second kappa shape index (κ2) is 6.54. The van der Waals surface area contributed by atoms with Crippen molar-refractivity contribution in [2.75, 3.05) is 0 Å². The Morgan fingerprint density at radius 1 is 1.52 bits per heavy atom. The van der Waals surface area contributed by atoms with Gasteiger partial charge in [0.2, 0.25) is 0 Å². The number of halogens is 1. The molecule has 1 saturated heterocycles. The highest BCUT2D eigenvalue weighted by molar-refractivity contribution is 7.96. The number of carbonyl (C=O) groups excluding carboxylic acids is 2. The summed E-state index contributed by atoms with van der Waals surface area (Å²) in [5.41, 5.74) is 0. The summed E-state index contributed by atoms with van der Waals surface area (Å²) < 4.78 is 29.4. The number of carbonyl (C=O) groups is 2. The molecule has 130 valence electrons. The lowest BCUT2D eigenvalue weighted by atomic mass is 9.88. The molecule has 0 amide bonds. The molecule has 1 heterocycles. The van der Waals surface area contributed by atoms with Crippen molar-refractivity contribution in [2.45, 2.75) is 56.2 Å². The molecule has 23 heavy (non-hydrogen) atoms. The number of alkyl halides is 1. The highest BCUT2D eigenvalue weighted by Crippen LogP contribution is 2.55. The van der Waals surface area contributed by atoms with Gasteiger partial charge >= 0.3 is 11.9 Å². The molecule has 0 aromatic carbocycles. The van der Waals surface area contributed by atoms with Crippen LogP contribution >= 0.6 is 12.0 Å². The highest BCUT2D eigenvalue weighted by atomic mass is 32.2. The predicted octanol–water partition coefficient (Wildman–Crippen LogP) is 1.21. The van der Waals surface area contributed by atoms with Crippen molar-refractivity contribution in [1.29, 1.82) is 0 Å². The lowest BCUT2D eigenvalue weighted by Crippen LogP contribution is -2.42. The van der Waals surface area contributed by atoms with E-state index in [1.807, 2.05) is 6.92 Å². The fraction of sp³-hybridized carbons (Fsp3) is 0.857. The number of esters is 2. The first-order valence-corrected chi connectivity index (χ1v) is 8.49. The largest absolute Gasteiger partial charge is 0.691 e. The van der Waals surface area contributed by atoms with Gasteiger partial charge in [0.15, 0.2) is 0 Å². The summed E-state index contributed by atoms with van der Waals surface area (Å²) >= 11 is 0.0114. The Hall–Kier alpha value is -0.900. The van der Waals surface area contributed by atoms with E-state index in [1.54, 1.807) is 0 Å². The van der Waals surface area contributed by atoms with Crippen molar-refractivity contribution >= 4 is 24.0 Å². The summed E-state index contributed by atoms with van der Waals surface area (Å²) in [6, 6.07) is 0. The van der Waals surface area contributed by atoms with Crippen molar-refractivity contribution in [3.8, 4) is 0 Å². The van der Waals surface area contributed by atoms with Crippen molar-refractivity contribution in [3.05, 3.63) is 0 Å². The van der Waals surface area contributed by atoms with E-state index in [4.69, 9.17) is 9.47 Å². The molecule has 0 aromatic rings. The molecule has 2 saturated carbocycles. The SMILES string of the molecule is CCCCC(F)(SOO[O-])C(=O)OC1C2CC3C(=O)OC1C3C2. The Bertz CT molecular complexity index is 480. The molecule has 6 atom stereocenters. The van der Waals surface area contributed by atoms with Crippen LogP contribution in [-0.4, -0.2) is 29.1 Å². The van der Waals surface area contributed by atoms with Crippen LogP contribution in [0.15, 0.2) is 0 Å². The Labute approximate surface area is 136 Å². The van der Waals surface area contributed by atoms with Crippen LogP contribution in [0.1, 0.15) is 39.0 Å². The third-order valence-corrected chi connectivity index (χ3v) is 5.77. The van der Waals surface area contributed by atoms with Crippen LogP contribution in [0, 0.1) is 17.8 Å². The van der Waals surface area contributed by atoms with E-state index in [0.717, 1.165) is 6.42 Å². The van der Waals surface area contributed by atoms with E-state index in [0.29, 0.717) is 19.3 Å². The molecule has 6 unspecified atom stereocenters. The maximum absolute atomic E-state index is 14.8. The van der Waals surface area contributed by atoms with E-state index < -0.39 is 23.2 Å². The first-order chi connectivity index (χ1) is 11.0. The number of rotatable bonds is 8. The zero-order chi connectivity index (χ0) is 16.6. The van der Waals surface area contributed by atoms with Gasteiger partial charge in [-0.2, -0.15) is 4.33 Å². The standard InChI is InChI=1S/C14H19FO7S/c1-2-3-4-14(15,23-22-21-18)13(17)20-10-7-5-8-9(6-7)12(16)19-11(8)10/h7-11,18H,2-6H2,1H3/p-1. The zero-order valence-electron chi connectivity index (χ0n) is 12.6. The van der Waals surface area contributed by atoms with Crippen LogP contribution in [0.25, 0.3) is 0 Å². The van der Waals surface area contributed by atoms with E-state index in [2.05, 4.69) is 9.37 Å². The van der Waals surface area contributed by atoms with Gasteiger partial charge in [0.1, 0.15) is 12.2 Å². The van der Waals surface area contributed by atoms with E-state index >= 15 is 0 Å². The number of fused-ring (bicyclic) bond motifs is 1. The summed E-state index contributed by atoms with van der Waals surface area (Å²) in [7, 11) is 0. The third kappa shape index (κ3) is 2.95. The maximum atomic E-state index is 14.8. The molecule has 0 radical (unpaired) electrons. The molecular weight excluding hydrogens is 331 g/mol. The van der Waals surface area contributed by atoms with Gasteiger partial charge in [-0.25, -0.2) is 9.18 Å². The van der Waals surface area contributed by atoms with Crippen molar-refractivity contribution in [1.82, 2.24) is 0 Å². The summed E-state index contributed by atoms with van der Waals surface area (Å²) in [5.74, 6) is -1.41. The average molecular weight is 349 g/mol. The van der Waals surface area contributed by atoms with Crippen LogP contribution in [0.3, 0.4) is 0 Å². The molecule has 3 fully saturated rings. The zero-order valence-corrected chi connectivity index (χ0v) is 13.4. The molecule has 3 rings (SSSR count). The second-order valence-electron chi connectivity index (χ2n) is 6.32. The van der Waals surface area contributed by atoms with Crippen LogP contribution in [-0.2, 0) is 28.4 Å². The van der Waals surface area contributed by atoms with Gasteiger partial charge < -0.3 is 14.7 Å². The van der Waals surface area contributed by atoms with Gasteiger partial charge in [-0.05, 0) is 19.3 Å². The van der Waals surface area contributed by atoms with Crippen LogP contribution < -0.4 is 5.26 Å². The third-order valence-electron chi connectivity index (χ3n) is 5.01. The van der Waals surface area contributed by atoms with Crippen molar-refractivity contribution < 1.29 is 38.1 Å². The molecule has 1 aliphatic heterocycles. The van der Waals surface area contributed by atoms with Gasteiger partial charge in [-0.3, -0.25) is 9.83 Å². The Morgan fingerprint density at radius 2 is 2.30 bits per heavy atom. The minimum Gasteiger partial charge on any atom is -0.691 e. The quantitative estimate of drug-likeness (QED) is 0.279. The first kappa shape index (κ1) is 16.9. The van der Waals surface area contributed by atoms with Crippen LogP contribution in [0.4, 0.5) is 4.39 Å². The van der Waals surface area contributed by atoms with E-state index in [1.165, 1.54) is 0 Å². The fourth-order valence-electron chi connectivity index (χ4n) is 3.93. The molecule has 3 aliphatic rings. The maximum Gasteiger partial charge on any atom is 0.357 e. The van der Waals surface area contributed by atoms with E-state index in [-0.39, 0.29) is 42.2 Å². The number of hydrogen-bond acceptors (Lipinski definition) is 8. The fourth-order valence-corrected chi connectivity index (χ4v) is 4.41. The van der Waals surface area contributed by atoms with E-state index in [9.17, 15) is 19.2 Å². The molecule has 2 aliphatic carbocycles. The molecule has 0 spiro atoms. The molecule has 7 nitrogen and oxygen atoms in total. The first-order valence-electron chi connectivity index (χ1n) is 7.75. The predicted molar refractivity (Wildman–Crippen MR) is 72.6 cm³/mol. The normalized spacial score (nSPS) is 36.8. The van der Waals surface area contributed by atoms with Gasteiger partial charge in [-0.1, -0.05) is 13.3 Å². The molecular formula is C14H18FO7S-. The summed E-state index contributed by atoms with van der Waals surface area (Å²) in [4.78, 5) is 24.0. The molecule has 9 heteroatoms. The molecule has 0 N–H and O–H groups in total. The Morgan fingerprint density at radius 3 is 3.00 bits per heavy atom. The summed E-state index contributed by atoms with van der Waals surface area (Å²) in [6.45, 7) is 1.84. The van der Waals surface area contributed by atoms with Crippen LogP contribution in [0.5, 0.6) is 0 Å². The smallest absolute Gasteiger partial charge is 0.357 e. The minimum atomic E-state index is -2.52. The Kier molecular flexibility index (Phi) is 4.82. The Balaban J connectivity index is 1.66. The number of unbranched alkanes of at least 4 members (excludes halogenated alkanes) is 1. The summed E-state index contributed by atoms with van der Waals surface area (Å²) in [5, 5.41) is 10.6. The summed E-state index contributed by atoms with van der Waals surface area (Å²) in [6.07, 6.45) is 1.17. The van der Waals surface area contributed by atoms with Crippen molar-refractivity contribution in [3.63, 3.8) is 0 Å². The number of hydrogen-bond donors (Lipinski definition) is 0. The molecule has 2 bridgehead atoms. The number of ether oxygens (including phenoxy) is 2.